The van der Waals surface area contributed by atoms with Crippen LogP contribution < -0.4 is 15.6 Å². The number of amides is 1. The zero-order valence-electron chi connectivity index (χ0n) is 11.8. The Morgan fingerprint density at radius 3 is 2.86 bits per heavy atom. The lowest BCUT2D eigenvalue weighted by molar-refractivity contribution is -0.121. The second-order valence-electron chi connectivity index (χ2n) is 4.52. The Morgan fingerprint density at radius 1 is 1.33 bits per heavy atom. The Hall–Kier alpha value is -2.63. The maximum absolute atomic E-state index is 11.7. The average Bonchev–Trinajstić information content (AvgIpc) is 2.49. The zero-order valence-corrected chi connectivity index (χ0v) is 11.8. The number of rotatable bonds is 6. The van der Waals surface area contributed by atoms with Crippen LogP contribution in [0.4, 0.5) is 0 Å². The van der Waals surface area contributed by atoms with Gasteiger partial charge in [-0.25, -0.2) is 4.98 Å². The fourth-order valence-corrected chi connectivity index (χ4v) is 1.76. The van der Waals surface area contributed by atoms with Crippen molar-refractivity contribution < 1.29 is 9.53 Å². The Balaban J connectivity index is 1.75. The Morgan fingerprint density at radius 2 is 2.10 bits per heavy atom. The molecule has 0 saturated carbocycles. The second kappa shape index (κ2) is 7.23. The van der Waals surface area contributed by atoms with E-state index in [0.717, 1.165) is 5.75 Å². The van der Waals surface area contributed by atoms with Gasteiger partial charge in [0, 0.05) is 11.8 Å². The number of hydrogen-bond donors (Lipinski definition) is 1. The highest BCUT2D eigenvalue weighted by Gasteiger charge is 2.05. The number of nitrogens with zero attached hydrogens (tertiary/aromatic N) is 2. The Bertz CT molecular complexity index is 653. The van der Waals surface area contributed by atoms with Gasteiger partial charge in [-0.1, -0.05) is 18.2 Å². The maximum atomic E-state index is 11.7. The van der Waals surface area contributed by atoms with Crippen molar-refractivity contribution >= 4 is 5.91 Å². The number of para-hydroxylation sites is 1. The summed E-state index contributed by atoms with van der Waals surface area (Å²) in [5, 5.41) is 2.70. The number of carbonyl (C=O) groups is 1. The van der Waals surface area contributed by atoms with Crippen molar-refractivity contribution in [1.82, 2.24) is 14.9 Å². The Labute approximate surface area is 122 Å². The first-order chi connectivity index (χ1) is 10.2. The molecular weight excluding hydrogens is 270 g/mol. The van der Waals surface area contributed by atoms with E-state index in [2.05, 4.69) is 10.3 Å². The third kappa shape index (κ3) is 4.45. The van der Waals surface area contributed by atoms with E-state index in [1.807, 2.05) is 30.3 Å². The van der Waals surface area contributed by atoms with Gasteiger partial charge in [-0.3, -0.25) is 14.2 Å². The number of carbonyl (C=O) groups excluding carboxylic acids is 1. The maximum Gasteiger partial charge on any atom is 0.256 e. The third-order valence-electron chi connectivity index (χ3n) is 2.82. The fraction of sp³-hybridized carbons (Fsp3) is 0.267. The molecule has 2 rings (SSSR count). The minimum Gasteiger partial charge on any atom is -0.492 e. The second-order valence-corrected chi connectivity index (χ2v) is 4.52. The predicted octanol–water partition coefficient (Wildman–Crippen LogP) is 0.747. The minimum absolute atomic E-state index is 0.0428. The molecule has 0 aliphatic heterocycles. The van der Waals surface area contributed by atoms with Crippen molar-refractivity contribution in [3.05, 3.63) is 58.8 Å². The summed E-state index contributed by atoms with van der Waals surface area (Å²) in [5.41, 5.74) is 0.304. The SMILES string of the molecule is Cc1cncn(CC(=O)NCCOc2ccccc2)c1=O. The lowest BCUT2D eigenvalue weighted by atomic mass is 10.3. The van der Waals surface area contributed by atoms with Crippen molar-refractivity contribution in [3.8, 4) is 5.75 Å². The van der Waals surface area contributed by atoms with Crippen molar-refractivity contribution in [3.63, 3.8) is 0 Å². The van der Waals surface area contributed by atoms with Gasteiger partial charge in [-0.2, -0.15) is 0 Å². The lowest BCUT2D eigenvalue weighted by Gasteiger charge is -2.08. The van der Waals surface area contributed by atoms with E-state index < -0.39 is 0 Å². The molecule has 0 aliphatic carbocycles. The highest BCUT2D eigenvalue weighted by atomic mass is 16.5. The van der Waals surface area contributed by atoms with E-state index in [4.69, 9.17) is 4.74 Å². The third-order valence-corrected chi connectivity index (χ3v) is 2.82. The smallest absolute Gasteiger partial charge is 0.256 e. The lowest BCUT2D eigenvalue weighted by Crippen LogP contribution is -2.35. The van der Waals surface area contributed by atoms with E-state index in [-0.39, 0.29) is 18.0 Å². The molecule has 2 aromatic rings. The van der Waals surface area contributed by atoms with Gasteiger partial charge in [-0.05, 0) is 19.1 Å². The van der Waals surface area contributed by atoms with Crippen LogP contribution >= 0.6 is 0 Å². The van der Waals surface area contributed by atoms with Crippen LogP contribution in [0.3, 0.4) is 0 Å². The van der Waals surface area contributed by atoms with Crippen molar-refractivity contribution in [1.29, 1.82) is 0 Å². The monoisotopic (exact) mass is 287 g/mol. The predicted molar refractivity (Wildman–Crippen MR) is 78.2 cm³/mol. The topological polar surface area (TPSA) is 73.2 Å². The van der Waals surface area contributed by atoms with Crippen molar-refractivity contribution in [2.45, 2.75) is 13.5 Å². The number of aryl methyl sites for hydroxylation is 1. The van der Waals surface area contributed by atoms with Gasteiger partial charge in [-0.15, -0.1) is 0 Å². The van der Waals surface area contributed by atoms with Crippen molar-refractivity contribution in [2.24, 2.45) is 0 Å². The molecule has 1 aromatic carbocycles. The van der Waals surface area contributed by atoms with Crippen LogP contribution in [-0.4, -0.2) is 28.6 Å². The molecule has 1 N–H and O–H groups in total. The number of ether oxygens (including phenoxy) is 1. The van der Waals surface area contributed by atoms with Crippen LogP contribution in [0.1, 0.15) is 5.56 Å². The Kier molecular flexibility index (Phi) is 5.09. The molecule has 0 unspecified atom stereocenters. The summed E-state index contributed by atoms with van der Waals surface area (Å²) in [4.78, 5) is 27.4. The normalized spacial score (nSPS) is 10.1. The van der Waals surface area contributed by atoms with E-state index in [1.54, 1.807) is 6.92 Å². The minimum atomic E-state index is -0.249. The van der Waals surface area contributed by atoms with Crippen LogP contribution in [0.15, 0.2) is 47.7 Å². The molecule has 0 atom stereocenters. The molecule has 0 bridgehead atoms. The van der Waals surface area contributed by atoms with E-state index in [1.165, 1.54) is 17.1 Å². The highest BCUT2D eigenvalue weighted by molar-refractivity contribution is 5.75. The standard InChI is InChI=1S/C15H17N3O3/c1-12-9-16-11-18(15(12)20)10-14(19)17-7-8-21-13-5-3-2-4-6-13/h2-6,9,11H,7-8,10H2,1H3,(H,17,19). The van der Waals surface area contributed by atoms with Gasteiger partial charge < -0.3 is 10.1 Å². The van der Waals surface area contributed by atoms with Crippen LogP contribution in [0.25, 0.3) is 0 Å². The van der Waals surface area contributed by atoms with E-state index >= 15 is 0 Å². The summed E-state index contributed by atoms with van der Waals surface area (Å²) in [7, 11) is 0. The first-order valence-electron chi connectivity index (χ1n) is 6.62. The van der Waals surface area contributed by atoms with Crippen LogP contribution in [-0.2, 0) is 11.3 Å². The highest BCUT2D eigenvalue weighted by Crippen LogP contribution is 2.07. The molecule has 0 spiro atoms. The van der Waals surface area contributed by atoms with E-state index in [0.29, 0.717) is 18.7 Å². The molecular formula is C15H17N3O3. The largest absolute Gasteiger partial charge is 0.492 e. The first-order valence-corrected chi connectivity index (χ1v) is 6.62. The van der Waals surface area contributed by atoms with Crippen LogP contribution in [0.5, 0.6) is 5.75 Å². The zero-order chi connectivity index (χ0) is 15.1. The van der Waals surface area contributed by atoms with E-state index in [9.17, 15) is 9.59 Å². The molecule has 0 radical (unpaired) electrons. The molecule has 21 heavy (non-hydrogen) atoms. The molecule has 1 aromatic heterocycles. The molecule has 6 heteroatoms. The molecule has 0 fully saturated rings. The van der Waals surface area contributed by atoms with Gasteiger partial charge in [0.1, 0.15) is 18.9 Å². The van der Waals surface area contributed by atoms with Gasteiger partial charge in [0.25, 0.3) is 5.56 Å². The molecule has 6 nitrogen and oxygen atoms in total. The summed E-state index contributed by atoms with van der Waals surface area (Å²) in [6.07, 6.45) is 2.83. The van der Waals surface area contributed by atoms with Crippen LogP contribution in [0.2, 0.25) is 0 Å². The number of benzene rings is 1. The average molecular weight is 287 g/mol. The molecule has 1 heterocycles. The van der Waals surface area contributed by atoms with Gasteiger partial charge in [0.15, 0.2) is 0 Å². The number of hydrogen-bond acceptors (Lipinski definition) is 4. The molecule has 0 aliphatic rings. The quantitative estimate of drug-likeness (QED) is 0.796. The molecule has 110 valence electrons. The summed E-state index contributed by atoms with van der Waals surface area (Å²) in [6.45, 7) is 2.37. The number of nitrogens with one attached hydrogen (secondary N) is 1. The van der Waals surface area contributed by atoms with Gasteiger partial charge in [0.2, 0.25) is 5.91 Å². The summed E-state index contributed by atoms with van der Waals surface area (Å²) >= 11 is 0. The van der Waals surface area contributed by atoms with Crippen molar-refractivity contribution in [2.75, 3.05) is 13.2 Å². The fourth-order valence-electron chi connectivity index (χ4n) is 1.76. The van der Waals surface area contributed by atoms with Crippen LogP contribution in [0, 0.1) is 6.92 Å². The summed E-state index contributed by atoms with van der Waals surface area (Å²) in [5.74, 6) is 0.506. The van der Waals surface area contributed by atoms with Gasteiger partial charge in [0.05, 0.1) is 12.9 Å². The summed E-state index contributed by atoms with van der Waals surface area (Å²) in [6, 6.07) is 9.36. The molecule has 1 amide bonds. The van der Waals surface area contributed by atoms with Gasteiger partial charge >= 0.3 is 0 Å². The first kappa shape index (κ1) is 14.8. The molecule has 0 saturated heterocycles. The summed E-state index contributed by atoms with van der Waals surface area (Å²) < 4.78 is 6.73. The number of aromatic nitrogens is 2.